The lowest BCUT2D eigenvalue weighted by Gasteiger charge is -2.39. The van der Waals surface area contributed by atoms with E-state index in [2.05, 4.69) is 0 Å². The van der Waals surface area contributed by atoms with Gasteiger partial charge in [-0.3, -0.25) is 19.3 Å². The molecular formula is C38H47NO10S. The van der Waals surface area contributed by atoms with E-state index in [0.29, 0.717) is 57.5 Å². The van der Waals surface area contributed by atoms with E-state index in [0.717, 1.165) is 6.42 Å². The van der Waals surface area contributed by atoms with E-state index < -0.39 is 55.6 Å². The van der Waals surface area contributed by atoms with Gasteiger partial charge in [0.1, 0.15) is 5.78 Å². The van der Waals surface area contributed by atoms with Crippen molar-refractivity contribution < 1.29 is 46.0 Å². The van der Waals surface area contributed by atoms with Crippen molar-refractivity contribution in [2.45, 2.75) is 80.6 Å². The molecule has 6 rings (SSSR count). The van der Waals surface area contributed by atoms with Crippen LogP contribution in [0.1, 0.15) is 74.8 Å². The summed E-state index contributed by atoms with van der Waals surface area (Å²) in [7, 11) is -1.86. The van der Waals surface area contributed by atoms with Gasteiger partial charge < -0.3 is 18.4 Å². The number of benzene rings is 2. The molecule has 0 N–H and O–H groups in total. The lowest BCUT2D eigenvalue weighted by molar-refractivity contribution is -0.168. The Bertz CT molecular complexity index is 1930. The molecule has 11 nitrogen and oxygen atoms in total. The quantitative estimate of drug-likeness (QED) is 0.143. The van der Waals surface area contributed by atoms with Crippen molar-refractivity contribution in [1.82, 2.24) is 0 Å². The van der Waals surface area contributed by atoms with Crippen molar-refractivity contribution in [2.24, 2.45) is 27.6 Å². The number of rotatable bonds is 8. The second-order valence-corrected chi connectivity index (χ2v) is 17.6. The fourth-order valence-electron chi connectivity index (χ4n) is 9.31. The van der Waals surface area contributed by atoms with E-state index in [1.165, 1.54) is 14.2 Å². The van der Waals surface area contributed by atoms with Crippen LogP contribution in [0.3, 0.4) is 0 Å². The van der Waals surface area contributed by atoms with Gasteiger partial charge in [0.05, 0.1) is 37.7 Å². The Balaban J connectivity index is 1.56. The van der Waals surface area contributed by atoms with Gasteiger partial charge in [0.15, 0.2) is 11.2 Å². The first kappa shape index (κ1) is 35.9. The Morgan fingerprint density at radius 3 is 2.12 bits per heavy atom. The number of hydrogen-bond acceptors (Lipinski definition) is 10. The minimum absolute atomic E-state index is 0.00763. The number of carbonyl (C=O) groups excluding carboxylic acids is 4. The van der Waals surface area contributed by atoms with E-state index in [4.69, 9.17) is 18.4 Å². The Morgan fingerprint density at radius 2 is 1.56 bits per heavy atom. The number of hydrogen-bond donors (Lipinski definition) is 0. The number of anilines is 1. The molecule has 1 amide bonds. The molecule has 0 spiro atoms. The van der Waals surface area contributed by atoms with Crippen molar-refractivity contribution in [3.63, 3.8) is 0 Å². The molecule has 2 aromatic carbocycles. The Kier molecular flexibility index (Phi) is 8.48. The topological polar surface area (TPSA) is 143 Å². The summed E-state index contributed by atoms with van der Waals surface area (Å²) in [5, 5.41) is 0. The van der Waals surface area contributed by atoms with Crippen molar-refractivity contribution in [3.05, 3.63) is 46.0 Å². The molecule has 12 heteroatoms. The van der Waals surface area contributed by atoms with Gasteiger partial charge in [-0.1, -0.05) is 39.8 Å². The van der Waals surface area contributed by atoms with Gasteiger partial charge in [0.25, 0.3) is 0 Å². The first-order chi connectivity index (χ1) is 23.3. The van der Waals surface area contributed by atoms with Gasteiger partial charge >= 0.3 is 28.1 Å². The van der Waals surface area contributed by atoms with Gasteiger partial charge in [-0.15, -0.1) is 0 Å². The number of nitrogens with zero attached hydrogens (tertiary/aromatic N) is 1. The SMILES string of the molecule is COC(=O)C1(C(=O)OC)Cc2c(C)c(-c3c(C)cccc3OS(=O)(=O)C[C@]34CC[C@H](CC3=O)C4(C)C)c(N3CC(C)(C)COC3=O)c(C)c2C1. The molecule has 0 aromatic heterocycles. The normalized spacial score (nSPS) is 24.5. The number of ether oxygens (including phenoxy) is 3. The Labute approximate surface area is 294 Å². The summed E-state index contributed by atoms with van der Waals surface area (Å²) in [4.78, 5) is 55.1. The van der Waals surface area contributed by atoms with E-state index in [1.807, 2.05) is 54.5 Å². The summed E-state index contributed by atoms with van der Waals surface area (Å²) in [6, 6.07) is 5.11. The van der Waals surface area contributed by atoms with Gasteiger partial charge in [-0.2, -0.15) is 8.42 Å². The lowest BCUT2D eigenvalue weighted by Crippen LogP contribution is -2.48. The third-order valence-corrected chi connectivity index (χ3v) is 13.6. The van der Waals surface area contributed by atoms with Gasteiger partial charge in [0.2, 0.25) is 0 Å². The highest BCUT2D eigenvalue weighted by molar-refractivity contribution is 7.87. The molecule has 2 aromatic rings. The minimum atomic E-state index is -4.31. The maximum Gasteiger partial charge on any atom is 0.414 e. The number of Topliss-reactive ketones (excluding diaryl/α,β-unsaturated/α-hetero) is 1. The fraction of sp³-hybridized carbons (Fsp3) is 0.579. The number of methoxy groups -OCH3 is 2. The lowest BCUT2D eigenvalue weighted by atomic mass is 9.70. The van der Waals surface area contributed by atoms with Crippen LogP contribution in [0.15, 0.2) is 18.2 Å². The maximum atomic E-state index is 14.1. The predicted octanol–water partition coefficient (Wildman–Crippen LogP) is 5.80. The molecule has 0 radical (unpaired) electrons. The highest BCUT2D eigenvalue weighted by Crippen LogP contribution is 2.64. The predicted molar refractivity (Wildman–Crippen MR) is 185 cm³/mol. The van der Waals surface area contributed by atoms with Crippen LogP contribution in [0.2, 0.25) is 0 Å². The highest BCUT2D eigenvalue weighted by atomic mass is 32.2. The average Bonchev–Trinajstić information content (AvgIpc) is 3.62. The summed E-state index contributed by atoms with van der Waals surface area (Å²) in [5.41, 5.74) is 1.22. The Hall–Kier alpha value is -3.93. The molecule has 50 heavy (non-hydrogen) atoms. The molecule has 270 valence electrons. The van der Waals surface area contributed by atoms with Crippen molar-refractivity contribution in [3.8, 4) is 16.9 Å². The number of fused-ring (bicyclic) bond motifs is 3. The molecule has 0 unspecified atom stereocenters. The average molecular weight is 710 g/mol. The van der Waals surface area contributed by atoms with E-state index in [9.17, 15) is 27.6 Å². The first-order valence-corrected chi connectivity index (χ1v) is 18.6. The number of ketones is 1. The molecule has 1 saturated heterocycles. The molecule has 1 heterocycles. The highest BCUT2D eigenvalue weighted by Gasteiger charge is 2.65. The largest absolute Gasteiger partial charge is 0.468 e. The smallest absolute Gasteiger partial charge is 0.414 e. The molecule has 3 fully saturated rings. The zero-order chi connectivity index (χ0) is 36.8. The summed E-state index contributed by atoms with van der Waals surface area (Å²) in [6.07, 6.45) is 1.07. The maximum absolute atomic E-state index is 14.1. The molecule has 4 aliphatic rings. The van der Waals surface area contributed by atoms with Crippen LogP contribution < -0.4 is 9.08 Å². The second kappa shape index (κ2) is 11.8. The molecular weight excluding hydrogens is 662 g/mol. The van der Waals surface area contributed by atoms with Crippen LogP contribution in [0, 0.1) is 48.3 Å². The molecule has 2 bridgehead atoms. The number of aryl methyl sites for hydroxylation is 1. The van der Waals surface area contributed by atoms with Crippen LogP contribution >= 0.6 is 0 Å². The number of carbonyl (C=O) groups is 4. The summed E-state index contributed by atoms with van der Waals surface area (Å²) in [6.45, 7) is 13.9. The summed E-state index contributed by atoms with van der Waals surface area (Å²) < 4.78 is 50.1. The standard InChI is InChI=1S/C38H47NO10S/c1-21-11-10-12-27(49-50(44,45)20-38-14-13-24(15-28(38)40)36(38,6)7)29(21)30-22(2)25-16-37(32(41)46-8,33(42)47-9)17-26(25)23(3)31(30)39-18-35(4,5)19-48-34(39)43/h10-12,24H,13-20H2,1-9H3/t24-,38-/m1/s1. The van der Waals surface area contributed by atoms with Crippen molar-refractivity contribution in [2.75, 3.05) is 38.0 Å². The minimum Gasteiger partial charge on any atom is -0.468 e. The molecule has 1 aliphatic heterocycles. The zero-order valence-electron chi connectivity index (χ0n) is 30.4. The number of esters is 2. The summed E-state index contributed by atoms with van der Waals surface area (Å²) >= 11 is 0. The number of cyclic esters (lactones) is 1. The third kappa shape index (κ3) is 5.23. The fourth-order valence-corrected chi connectivity index (χ4v) is 11.1. The molecule has 2 saturated carbocycles. The van der Waals surface area contributed by atoms with Gasteiger partial charge in [-0.25, -0.2) is 4.79 Å². The van der Waals surface area contributed by atoms with Crippen LogP contribution in [-0.2, 0) is 51.6 Å². The van der Waals surface area contributed by atoms with Crippen LogP contribution in [-0.4, -0.2) is 65.4 Å². The molecule has 2 atom stereocenters. The third-order valence-electron chi connectivity index (χ3n) is 12.3. The van der Waals surface area contributed by atoms with Crippen molar-refractivity contribution in [1.29, 1.82) is 0 Å². The van der Waals surface area contributed by atoms with E-state index in [1.54, 1.807) is 17.0 Å². The summed E-state index contributed by atoms with van der Waals surface area (Å²) in [5.74, 6) is -1.74. The van der Waals surface area contributed by atoms with E-state index >= 15 is 0 Å². The van der Waals surface area contributed by atoms with Gasteiger partial charge in [0, 0.05) is 42.3 Å². The van der Waals surface area contributed by atoms with E-state index in [-0.39, 0.29) is 43.4 Å². The molecule has 3 aliphatic carbocycles. The number of amides is 1. The van der Waals surface area contributed by atoms with Crippen LogP contribution in [0.4, 0.5) is 10.5 Å². The van der Waals surface area contributed by atoms with Crippen LogP contribution in [0.5, 0.6) is 5.75 Å². The first-order valence-electron chi connectivity index (χ1n) is 17.1. The van der Waals surface area contributed by atoms with Crippen LogP contribution in [0.25, 0.3) is 11.1 Å². The van der Waals surface area contributed by atoms with Crippen molar-refractivity contribution >= 4 is 39.6 Å². The van der Waals surface area contributed by atoms with Gasteiger partial charge in [-0.05, 0) is 78.8 Å². The monoisotopic (exact) mass is 709 g/mol. The second-order valence-electron chi connectivity index (χ2n) is 16.1. The Morgan fingerprint density at radius 1 is 0.940 bits per heavy atom. The zero-order valence-corrected chi connectivity index (χ0v) is 31.2.